The van der Waals surface area contributed by atoms with Crippen LogP contribution in [-0.2, 0) is 11.2 Å². The van der Waals surface area contributed by atoms with Gasteiger partial charge in [0.1, 0.15) is 0 Å². The first kappa shape index (κ1) is 14.1. The van der Waals surface area contributed by atoms with Crippen LogP contribution in [0.5, 0.6) is 0 Å². The Morgan fingerprint density at radius 2 is 2.16 bits per heavy atom. The number of carbonyl (C=O) groups excluding carboxylic acids is 1. The lowest BCUT2D eigenvalue weighted by molar-refractivity contribution is -0.130. The average Bonchev–Trinajstić information content (AvgIpc) is 2.90. The van der Waals surface area contributed by atoms with Gasteiger partial charge in [0, 0.05) is 13.1 Å². The van der Waals surface area contributed by atoms with E-state index in [1.54, 1.807) is 0 Å². The van der Waals surface area contributed by atoms with E-state index in [2.05, 4.69) is 29.7 Å². The summed E-state index contributed by atoms with van der Waals surface area (Å²) < 4.78 is 0. The van der Waals surface area contributed by atoms with Crippen molar-refractivity contribution < 1.29 is 4.79 Å². The molecule has 0 aromatic heterocycles. The zero-order valence-corrected chi connectivity index (χ0v) is 11.7. The summed E-state index contributed by atoms with van der Waals surface area (Å²) in [5, 5.41) is 6.45. The van der Waals surface area contributed by atoms with E-state index in [9.17, 15) is 4.79 Å². The summed E-state index contributed by atoms with van der Waals surface area (Å²) in [6.07, 6.45) is 3.92. The van der Waals surface area contributed by atoms with Crippen LogP contribution in [0.2, 0.25) is 0 Å². The highest BCUT2D eigenvalue weighted by Crippen LogP contribution is 2.31. The second kappa shape index (κ2) is 6.71. The SMILES string of the molecule is CCCC1(C(=O)NCCc2ccccc2)CCNC1. The fraction of sp³-hybridized carbons (Fsp3) is 0.562. The zero-order chi connectivity index (χ0) is 13.6. The van der Waals surface area contributed by atoms with Gasteiger partial charge in [-0.25, -0.2) is 0 Å². The van der Waals surface area contributed by atoms with E-state index < -0.39 is 0 Å². The fourth-order valence-electron chi connectivity index (χ4n) is 2.90. The molecule has 1 amide bonds. The second-order valence-corrected chi connectivity index (χ2v) is 5.45. The molecule has 1 heterocycles. The minimum Gasteiger partial charge on any atom is -0.355 e. The number of carbonyl (C=O) groups is 1. The molecule has 1 saturated heterocycles. The maximum atomic E-state index is 12.4. The van der Waals surface area contributed by atoms with Gasteiger partial charge in [-0.1, -0.05) is 43.7 Å². The van der Waals surface area contributed by atoms with Crippen LogP contribution in [0.1, 0.15) is 31.7 Å². The molecule has 3 nitrogen and oxygen atoms in total. The third kappa shape index (κ3) is 3.57. The fourth-order valence-corrected chi connectivity index (χ4v) is 2.90. The smallest absolute Gasteiger partial charge is 0.227 e. The summed E-state index contributed by atoms with van der Waals surface area (Å²) >= 11 is 0. The highest BCUT2D eigenvalue weighted by molar-refractivity contribution is 5.83. The molecule has 1 atom stereocenters. The molecule has 0 saturated carbocycles. The molecule has 2 rings (SSSR count). The first-order valence-corrected chi connectivity index (χ1v) is 7.30. The summed E-state index contributed by atoms with van der Waals surface area (Å²) in [5.74, 6) is 0.232. The van der Waals surface area contributed by atoms with Gasteiger partial charge < -0.3 is 10.6 Å². The summed E-state index contributed by atoms with van der Waals surface area (Å²) in [5.41, 5.74) is 1.11. The van der Waals surface area contributed by atoms with Crippen molar-refractivity contribution in [2.24, 2.45) is 5.41 Å². The summed E-state index contributed by atoms with van der Waals surface area (Å²) in [7, 11) is 0. The third-order valence-electron chi connectivity index (χ3n) is 4.00. The average molecular weight is 260 g/mol. The minimum atomic E-state index is -0.161. The summed E-state index contributed by atoms with van der Waals surface area (Å²) in [4.78, 5) is 12.4. The normalized spacial score (nSPS) is 22.4. The molecule has 1 aromatic carbocycles. The van der Waals surface area contributed by atoms with Crippen molar-refractivity contribution in [2.45, 2.75) is 32.6 Å². The molecule has 0 aliphatic carbocycles. The zero-order valence-electron chi connectivity index (χ0n) is 11.7. The Labute approximate surface area is 115 Å². The van der Waals surface area contributed by atoms with Crippen LogP contribution in [0.15, 0.2) is 30.3 Å². The predicted molar refractivity (Wildman–Crippen MR) is 78.0 cm³/mol. The van der Waals surface area contributed by atoms with E-state index in [0.29, 0.717) is 0 Å². The van der Waals surface area contributed by atoms with Crippen LogP contribution in [0.3, 0.4) is 0 Å². The van der Waals surface area contributed by atoms with Gasteiger partial charge in [0.15, 0.2) is 0 Å². The Kier molecular flexibility index (Phi) is 4.97. The van der Waals surface area contributed by atoms with Gasteiger partial charge in [-0.15, -0.1) is 0 Å². The van der Waals surface area contributed by atoms with Crippen LogP contribution < -0.4 is 10.6 Å². The standard InChI is InChI=1S/C16H24N2O/c1-2-9-16(10-12-17-13-16)15(19)18-11-8-14-6-4-3-5-7-14/h3-7,17H,2,8-13H2,1H3,(H,18,19). The van der Waals surface area contributed by atoms with Crippen LogP contribution in [0.4, 0.5) is 0 Å². The topological polar surface area (TPSA) is 41.1 Å². The van der Waals surface area contributed by atoms with Crippen molar-refractivity contribution in [3.63, 3.8) is 0 Å². The lowest BCUT2D eigenvalue weighted by atomic mass is 9.81. The van der Waals surface area contributed by atoms with E-state index >= 15 is 0 Å². The molecule has 1 aliphatic rings. The van der Waals surface area contributed by atoms with Crippen molar-refractivity contribution in [1.82, 2.24) is 10.6 Å². The Hall–Kier alpha value is -1.35. The van der Waals surface area contributed by atoms with Crippen molar-refractivity contribution in [3.8, 4) is 0 Å². The lowest BCUT2D eigenvalue weighted by Gasteiger charge is -2.26. The van der Waals surface area contributed by atoms with Crippen molar-refractivity contribution in [1.29, 1.82) is 0 Å². The van der Waals surface area contributed by atoms with E-state index in [4.69, 9.17) is 0 Å². The van der Waals surface area contributed by atoms with Gasteiger partial charge >= 0.3 is 0 Å². The Balaban J connectivity index is 1.83. The van der Waals surface area contributed by atoms with Crippen molar-refractivity contribution >= 4 is 5.91 Å². The van der Waals surface area contributed by atoms with Gasteiger partial charge in [-0.3, -0.25) is 4.79 Å². The molecule has 0 spiro atoms. The van der Waals surface area contributed by atoms with Crippen LogP contribution in [0, 0.1) is 5.41 Å². The van der Waals surface area contributed by atoms with Gasteiger partial charge in [-0.2, -0.15) is 0 Å². The minimum absolute atomic E-state index is 0.161. The first-order valence-electron chi connectivity index (χ1n) is 7.30. The molecular weight excluding hydrogens is 236 g/mol. The summed E-state index contributed by atoms with van der Waals surface area (Å²) in [6, 6.07) is 10.3. The van der Waals surface area contributed by atoms with E-state index in [-0.39, 0.29) is 11.3 Å². The molecule has 1 aliphatic heterocycles. The Morgan fingerprint density at radius 3 is 2.79 bits per heavy atom. The van der Waals surface area contributed by atoms with Crippen LogP contribution >= 0.6 is 0 Å². The molecule has 1 unspecified atom stereocenters. The predicted octanol–water partition coefficient (Wildman–Crippen LogP) is 2.13. The van der Waals surface area contributed by atoms with Crippen LogP contribution in [0.25, 0.3) is 0 Å². The van der Waals surface area contributed by atoms with E-state index in [0.717, 1.165) is 45.3 Å². The number of rotatable bonds is 6. The first-order chi connectivity index (χ1) is 9.27. The molecule has 3 heteroatoms. The van der Waals surface area contributed by atoms with Crippen molar-refractivity contribution in [2.75, 3.05) is 19.6 Å². The quantitative estimate of drug-likeness (QED) is 0.822. The number of benzene rings is 1. The van der Waals surface area contributed by atoms with Gasteiger partial charge in [-0.05, 0) is 31.4 Å². The molecule has 104 valence electrons. The maximum Gasteiger partial charge on any atom is 0.227 e. The molecular formula is C16H24N2O. The molecule has 2 N–H and O–H groups in total. The molecule has 0 bridgehead atoms. The number of amides is 1. The monoisotopic (exact) mass is 260 g/mol. The van der Waals surface area contributed by atoms with Gasteiger partial charge in [0.2, 0.25) is 5.91 Å². The highest BCUT2D eigenvalue weighted by Gasteiger charge is 2.39. The van der Waals surface area contributed by atoms with Gasteiger partial charge in [0.25, 0.3) is 0 Å². The Bertz CT molecular complexity index is 396. The van der Waals surface area contributed by atoms with E-state index in [1.165, 1.54) is 5.56 Å². The lowest BCUT2D eigenvalue weighted by Crippen LogP contribution is -2.43. The molecule has 1 aromatic rings. The molecule has 0 radical (unpaired) electrons. The van der Waals surface area contributed by atoms with Gasteiger partial charge in [0.05, 0.1) is 5.41 Å². The maximum absolute atomic E-state index is 12.4. The van der Waals surface area contributed by atoms with Crippen molar-refractivity contribution in [3.05, 3.63) is 35.9 Å². The third-order valence-corrected chi connectivity index (χ3v) is 4.00. The Morgan fingerprint density at radius 1 is 1.37 bits per heavy atom. The van der Waals surface area contributed by atoms with E-state index in [1.807, 2.05) is 18.2 Å². The number of hydrogen-bond acceptors (Lipinski definition) is 2. The number of nitrogens with one attached hydrogen (secondary N) is 2. The molecule has 19 heavy (non-hydrogen) atoms. The summed E-state index contributed by atoms with van der Waals surface area (Å²) in [6.45, 7) is 4.68. The largest absolute Gasteiger partial charge is 0.355 e. The van der Waals surface area contributed by atoms with Crippen LogP contribution in [-0.4, -0.2) is 25.5 Å². The molecule has 1 fully saturated rings. The highest BCUT2D eigenvalue weighted by atomic mass is 16.2. The number of hydrogen-bond donors (Lipinski definition) is 2. The second-order valence-electron chi connectivity index (χ2n) is 5.45.